The van der Waals surface area contributed by atoms with Gasteiger partial charge in [0, 0.05) is 32.7 Å². The lowest BCUT2D eigenvalue weighted by molar-refractivity contribution is 0.204. The largest absolute Gasteiger partial charge is 0.297 e. The molecule has 0 aromatic heterocycles. The van der Waals surface area contributed by atoms with E-state index in [2.05, 4.69) is 50.0 Å². The monoisotopic (exact) mass is 398 g/mol. The van der Waals surface area contributed by atoms with E-state index in [1.807, 2.05) is 30.3 Å². The van der Waals surface area contributed by atoms with E-state index in [9.17, 15) is 8.42 Å². The van der Waals surface area contributed by atoms with E-state index in [1.165, 1.54) is 5.56 Å². The summed E-state index contributed by atoms with van der Waals surface area (Å²) in [6.07, 6.45) is 4.25. The average molecular weight is 399 g/mol. The van der Waals surface area contributed by atoms with Crippen molar-refractivity contribution in [2.75, 3.05) is 32.7 Å². The van der Waals surface area contributed by atoms with Crippen molar-refractivity contribution in [3.05, 3.63) is 71.8 Å². The maximum Gasteiger partial charge on any atom is 0.243 e. The predicted octanol–water partition coefficient (Wildman–Crippen LogP) is 4.00. The Labute approximate surface area is 169 Å². The summed E-state index contributed by atoms with van der Waals surface area (Å²) in [7, 11) is -3.42. The van der Waals surface area contributed by atoms with E-state index >= 15 is 0 Å². The summed E-state index contributed by atoms with van der Waals surface area (Å²) in [5.41, 5.74) is 2.34. The van der Waals surface area contributed by atoms with Crippen molar-refractivity contribution in [1.82, 2.24) is 9.21 Å². The summed E-state index contributed by atoms with van der Waals surface area (Å²) in [6, 6.07) is 17.5. The summed E-state index contributed by atoms with van der Waals surface area (Å²) >= 11 is 0. The fourth-order valence-corrected chi connectivity index (χ4v) is 4.75. The van der Waals surface area contributed by atoms with Crippen molar-refractivity contribution in [3.8, 4) is 0 Å². The summed E-state index contributed by atoms with van der Waals surface area (Å²) < 4.78 is 27.5. The van der Waals surface area contributed by atoms with Gasteiger partial charge in [-0.05, 0) is 28.7 Å². The fraction of sp³-hybridized carbons (Fsp3) is 0.391. The molecule has 0 spiro atoms. The van der Waals surface area contributed by atoms with Crippen LogP contribution in [-0.4, -0.2) is 50.3 Å². The van der Waals surface area contributed by atoms with Crippen LogP contribution in [0.15, 0.2) is 65.6 Å². The lowest BCUT2D eigenvalue weighted by Gasteiger charge is -2.33. The number of piperazine rings is 1. The van der Waals surface area contributed by atoms with E-state index in [0.717, 1.165) is 25.2 Å². The van der Waals surface area contributed by atoms with Gasteiger partial charge in [-0.3, -0.25) is 4.90 Å². The average Bonchev–Trinajstić information content (AvgIpc) is 2.69. The zero-order valence-corrected chi connectivity index (χ0v) is 17.8. The fourth-order valence-electron chi connectivity index (χ4n) is 3.33. The summed E-state index contributed by atoms with van der Waals surface area (Å²) in [5.74, 6) is 0. The molecule has 5 heteroatoms. The second kappa shape index (κ2) is 8.60. The van der Waals surface area contributed by atoms with Crippen LogP contribution in [0.5, 0.6) is 0 Å². The van der Waals surface area contributed by atoms with Gasteiger partial charge >= 0.3 is 0 Å². The van der Waals surface area contributed by atoms with Crippen LogP contribution in [0.3, 0.4) is 0 Å². The second-order valence-electron chi connectivity index (χ2n) is 8.29. The predicted molar refractivity (Wildman–Crippen MR) is 116 cm³/mol. The molecule has 2 aromatic carbocycles. The zero-order valence-electron chi connectivity index (χ0n) is 17.0. The maximum atomic E-state index is 12.9. The first-order valence-corrected chi connectivity index (χ1v) is 11.3. The van der Waals surface area contributed by atoms with Crippen LogP contribution in [0.4, 0.5) is 0 Å². The molecule has 0 saturated carbocycles. The highest BCUT2D eigenvalue weighted by atomic mass is 32.2. The molecule has 28 heavy (non-hydrogen) atoms. The molecule has 0 N–H and O–H groups in total. The number of hydrogen-bond acceptors (Lipinski definition) is 3. The third-order valence-corrected chi connectivity index (χ3v) is 7.08. The zero-order chi connectivity index (χ0) is 20.2. The summed E-state index contributed by atoms with van der Waals surface area (Å²) in [6.45, 7) is 9.77. The Hall–Kier alpha value is -1.95. The molecule has 1 saturated heterocycles. The van der Waals surface area contributed by atoms with Gasteiger partial charge in [-0.1, -0.05) is 75.4 Å². The number of nitrogens with zero attached hydrogens (tertiary/aromatic N) is 2. The third kappa shape index (κ3) is 5.10. The SMILES string of the molecule is CC(C)(C)c1ccc(S(=O)(=O)N2CCN(C/C=C/c3ccccc3)CC2)cc1. The van der Waals surface area contributed by atoms with Gasteiger partial charge in [0.05, 0.1) is 4.90 Å². The number of hydrogen-bond donors (Lipinski definition) is 0. The normalized spacial score (nSPS) is 17.2. The van der Waals surface area contributed by atoms with Gasteiger partial charge < -0.3 is 0 Å². The van der Waals surface area contributed by atoms with Crippen molar-refractivity contribution in [1.29, 1.82) is 0 Å². The molecule has 1 fully saturated rings. The second-order valence-corrected chi connectivity index (χ2v) is 10.2. The number of benzene rings is 2. The van der Waals surface area contributed by atoms with Crippen molar-refractivity contribution >= 4 is 16.1 Å². The van der Waals surface area contributed by atoms with Crippen LogP contribution < -0.4 is 0 Å². The van der Waals surface area contributed by atoms with Crippen molar-refractivity contribution < 1.29 is 8.42 Å². The molecule has 0 atom stereocenters. The molecular weight excluding hydrogens is 368 g/mol. The lowest BCUT2D eigenvalue weighted by atomic mass is 9.87. The molecule has 2 aromatic rings. The van der Waals surface area contributed by atoms with Gasteiger partial charge in [-0.25, -0.2) is 8.42 Å². The first-order chi connectivity index (χ1) is 13.3. The summed E-state index contributed by atoms with van der Waals surface area (Å²) in [4.78, 5) is 2.67. The van der Waals surface area contributed by atoms with Gasteiger partial charge in [0.2, 0.25) is 10.0 Å². The summed E-state index contributed by atoms with van der Waals surface area (Å²) in [5, 5.41) is 0. The topological polar surface area (TPSA) is 40.6 Å². The van der Waals surface area contributed by atoms with Crippen LogP contribution >= 0.6 is 0 Å². The van der Waals surface area contributed by atoms with E-state index in [-0.39, 0.29) is 5.41 Å². The quantitative estimate of drug-likeness (QED) is 0.764. The highest BCUT2D eigenvalue weighted by Crippen LogP contribution is 2.25. The van der Waals surface area contributed by atoms with Gasteiger partial charge in [-0.15, -0.1) is 0 Å². The lowest BCUT2D eigenvalue weighted by Crippen LogP contribution is -2.48. The van der Waals surface area contributed by atoms with Crippen LogP contribution in [0.25, 0.3) is 6.08 Å². The molecule has 1 aliphatic rings. The Morgan fingerprint density at radius 3 is 2.07 bits per heavy atom. The van der Waals surface area contributed by atoms with Crippen molar-refractivity contribution in [2.24, 2.45) is 0 Å². The van der Waals surface area contributed by atoms with Crippen LogP contribution in [0.2, 0.25) is 0 Å². The molecule has 0 aliphatic carbocycles. The molecule has 0 amide bonds. The third-order valence-electron chi connectivity index (χ3n) is 5.16. The van der Waals surface area contributed by atoms with E-state index in [4.69, 9.17) is 0 Å². The molecule has 1 aliphatic heterocycles. The van der Waals surface area contributed by atoms with E-state index in [0.29, 0.717) is 18.0 Å². The number of rotatable bonds is 5. The minimum atomic E-state index is -3.42. The minimum Gasteiger partial charge on any atom is -0.297 e. The van der Waals surface area contributed by atoms with Gasteiger partial charge in [0.1, 0.15) is 0 Å². The Bertz CT molecular complexity index is 890. The maximum absolute atomic E-state index is 12.9. The Morgan fingerprint density at radius 2 is 1.50 bits per heavy atom. The Kier molecular flexibility index (Phi) is 6.38. The smallest absolute Gasteiger partial charge is 0.243 e. The minimum absolute atomic E-state index is 0.0151. The van der Waals surface area contributed by atoms with Crippen molar-refractivity contribution in [3.63, 3.8) is 0 Å². The van der Waals surface area contributed by atoms with Crippen molar-refractivity contribution in [2.45, 2.75) is 31.1 Å². The first-order valence-electron chi connectivity index (χ1n) is 9.81. The number of sulfonamides is 1. The highest BCUT2D eigenvalue weighted by Gasteiger charge is 2.28. The highest BCUT2D eigenvalue weighted by molar-refractivity contribution is 7.89. The Balaban J connectivity index is 1.57. The van der Waals surface area contributed by atoms with Gasteiger partial charge in [-0.2, -0.15) is 4.31 Å². The Morgan fingerprint density at radius 1 is 0.893 bits per heavy atom. The van der Waals surface area contributed by atoms with Crippen LogP contribution in [-0.2, 0) is 15.4 Å². The standard InChI is InChI=1S/C23H30N2O2S/c1-23(2,3)21-11-13-22(14-12-21)28(26,27)25-18-16-24(17-19-25)15-7-10-20-8-5-4-6-9-20/h4-14H,15-19H2,1-3H3/b10-7+. The van der Waals surface area contributed by atoms with E-state index < -0.39 is 10.0 Å². The van der Waals surface area contributed by atoms with Crippen LogP contribution in [0.1, 0.15) is 31.9 Å². The molecule has 0 radical (unpaired) electrons. The van der Waals surface area contributed by atoms with Crippen LogP contribution in [0, 0.1) is 0 Å². The molecule has 150 valence electrons. The molecule has 0 unspecified atom stereocenters. The van der Waals surface area contributed by atoms with Gasteiger partial charge in [0.15, 0.2) is 0 Å². The molecule has 1 heterocycles. The molecule has 0 bridgehead atoms. The van der Waals surface area contributed by atoms with Gasteiger partial charge in [0.25, 0.3) is 0 Å². The molecular formula is C23H30N2O2S. The molecule has 4 nitrogen and oxygen atoms in total. The molecule has 3 rings (SSSR count). The first kappa shape index (κ1) is 20.8. The van der Waals surface area contributed by atoms with E-state index in [1.54, 1.807) is 16.4 Å².